The second-order valence-electron chi connectivity index (χ2n) is 4.37. The minimum absolute atomic E-state index is 0.0992. The number of carboxylic acids is 1. The third-order valence-corrected chi connectivity index (χ3v) is 5.03. The van der Waals surface area contributed by atoms with Crippen molar-refractivity contribution >= 4 is 21.7 Å². The van der Waals surface area contributed by atoms with Crippen molar-refractivity contribution in [2.45, 2.75) is 23.8 Å². The molecule has 20 heavy (non-hydrogen) atoms. The molecule has 2 rings (SSSR count). The highest BCUT2D eigenvalue weighted by Gasteiger charge is 2.39. The summed E-state index contributed by atoms with van der Waals surface area (Å²) in [6, 6.07) is 3.49. The van der Waals surface area contributed by atoms with Crippen LogP contribution in [0.5, 0.6) is 0 Å². The van der Waals surface area contributed by atoms with E-state index < -0.39 is 27.0 Å². The summed E-state index contributed by atoms with van der Waals surface area (Å²) < 4.78 is 25.6. The Kier molecular flexibility index (Phi) is 3.73. The molecule has 0 aliphatic carbocycles. The van der Waals surface area contributed by atoms with Gasteiger partial charge in [0.15, 0.2) is 0 Å². The van der Waals surface area contributed by atoms with Crippen LogP contribution in [0, 0.1) is 10.1 Å². The molecule has 1 aliphatic rings. The van der Waals surface area contributed by atoms with Gasteiger partial charge in [-0.25, -0.2) is 8.42 Å². The lowest BCUT2D eigenvalue weighted by atomic mass is 10.2. The van der Waals surface area contributed by atoms with Crippen molar-refractivity contribution in [2.75, 3.05) is 6.54 Å². The van der Waals surface area contributed by atoms with Crippen LogP contribution in [-0.2, 0) is 14.8 Å². The number of hydrogen-bond acceptors (Lipinski definition) is 5. The molecule has 1 heterocycles. The number of nitrogens with zero attached hydrogens (tertiary/aromatic N) is 2. The topological polar surface area (TPSA) is 118 Å². The Morgan fingerprint density at radius 3 is 2.75 bits per heavy atom. The van der Waals surface area contributed by atoms with E-state index in [1.807, 2.05) is 0 Å². The average molecular weight is 300 g/mol. The summed E-state index contributed by atoms with van der Waals surface area (Å²) in [6.45, 7) is 0.0992. The van der Waals surface area contributed by atoms with Crippen molar-refractivity contribution in [3.63, 3.8) is 0 Å². The highest BCUT2D eigenvalue weighted by atomic mass is 32.2. The van der Waals surface area contributed by atoms with Crippen molar-refractivity contribution in [1.29, 1.82) is 0 Å². The maximum Gasteiger partial charge on any atom is 0.322 e. The first-order chi connectivity index (χ1) is 9.34. The second kappa shape index (κ2) is 5.17. The molecule has 0 aromatic heterocycles. The summed E-state index contributed by atoms with van der Waals surface area (Å²) in [6.07, 6.45) is 0.689. The fourth-order valence-corrected chi connectivity index (χ4v) is 3.86. The highest BCUT2D eigenvalue weighted by molar-refractivity contribution is 7.89. The molecule has 0 unspecified atom stereocenters. The average Bonchev–Trinajstić information content (AvgIpc) is 2.89. The number of nitro benzene ring substituents is 1. The van der Waals surface area contributed by atoms with Crippen molar-refractivity contribution in [3.05, 3.63) is 34.4 Å². The fraction of sp³-hybridized carbons (Fsp3) is 0.364. The van der Waals surface area contributed by atoms with Gasteiger partial charge >= 0.3 is 5.97 Å². The molecule has 0 bridgehead atoms. The molecular formula is C11H12N2O6S. The van der Waals surface area contributed by atoms with E-state index >= 15 is 0 Å². The lowest BCUT2D eigenvalue weighted by molar-refractivity contribution is -0.385. The Balaban J connectivity index is 2.42. The lowest BCUT2D eigenvalue weighted by Gasteiger charge is -2.20. The van der Waals surface area contributed by atoms with E-state index in [1.165, 1.54) is 18.2 Å². The van der Waals surface area contributed by atoms with Gasteiger partial charge in [-0.05, 0) is 18.9 Å². The van der Waals surface area contributed by atoms with Gasteiger partial charge in [0, 0.05) is 18.7 Å². The third-order valence-electron chi connectivity index (χ3n) is 3.12. The molecule has 8 nitrogen and oxygen atoms in total. The zero-order chi connectivity index (χ0) is 14.9. The number of sulfonamides is 1. The van der Waals surface area contributed by atoms with Crippen LogP contribution in [0.15, 0.2) is 29.2 Å². The standard InChI is InChI=1S/C11H12N2O6S/c14-11(15)10-5-2-6-12(10)20(18,19)9-4-1-3-8(7-9)13(16)17/h1,3-4,7,10H,2,5-6H2,(H,14,15)/t10-/m0/s1. The monoisotopic (exact) mass is 300 g/mol. The molecule has 0 amide bonds. The smallest absolute Gasteiger partial charge is 0.322 e. The van der Waals surface area contributed by atoms with Gasteiger partial charge in [0.05, 0.1) is 9.82 Å². The first kappa shape index (κ1) is 14.4. The highest BCUT2D eigenvalue weighted by Crippen LogP contribution is 2.27. The molecule has 0 spiro atoms. The summed E-state index contributed by atoms with van der Waals surface area (Å²) in [4.78, 5) is 20.8. The van der Waals surface area contributed by atoms with Crippen molar-refractivity contribution in [3.8, 4) is 0 Å². The molecule has 108 valence electrons. The normalized spacial score (nSPS) is 19.9. The summed E-state index contributed by atoms with van der Waals surface area (Å²) in [7, 11) is -4.04. The first-order valence-corrected chi connectivity index (χ1v) is 7.27. The Bertz CT molecular complexity index is 657. The maximum absolute atomic E-state index is 12.4. The molecule has 1 fully saturated rings. The van der Waals surface area contributed by atoms with Crippen LogP contribution in [0.4, 0.5) is 5.69 Å². The number of carboxylic acid groups (broad SMARTS) is 1. The van der Waals surface area contributed by atoms with Crippen LogP contribution in [0.3, 0.4) is 0 Å². The summed E-state index contributed by atoms with van der Waals surface area (Å²) in [5.74, 6) is -1.21. The minimum atomic E-state index is -4.04. The van der Waals surface area contributed by atoms with Crippen LogP contribution in [0.25, 0.3) is 0 Å². The number of non-ortho nitro benzene ring substituents is 1. The predicted molar refractivity (Wildman–Crippen MR) is 67.6 cm³/mol. The van der Waals surface area contributed by atoms with Crippen LogP contribution < -0.4 is 0 Å². The Labute approximate surface area is 114 Å². The predicted octanol–water partition coefficient (Wildman–Crippen LogP) is 0.833. The van der Waals surface area contributed by atoms with Crippen molar-refractivity contribution in [1.82, 2.24) is 4.31 Å². The number of nitro groups is 1. The van der Waals surface area contributed by atoms with E-state index in [9.17, 15) is 23.3 Å². The van der Waals surface area contributed by atoms with Crippen LogP contribution in [0.1, 0.15) is 12.8 Å². The molecule has 1 aromatic rings. The summed E-state index contributed by atoms with van der Waals surface area (Å²) in [5, 5.41) is 19.7. The number of benzene rings is 1. The lowest BCUT2D eigenvalue weighted by Crippen LogP contribution is -2.40. The minimum Gasteiger partial charge on any atom is -0.480 e. The summed E-state index contributed by atoms with van der Waals surface area (Å²) >= 11 is 0. The number of rotatable bonds is 4. The fourth-order valence-electron chi connectivity index (χ4n) is 2.17. The molecule has 1 N–H and O–H groups in total. The number of hydrogen-bond donors (Lipinski definition) is 1. The zero-order valence-electron chi connectivity index (χ0n) is 10.3. The molecular weight excluding hydrogens is 288 g/mol. The van der Waals surface area contributed by atoms with Crippen LogP contribution in [-0.4, -0.2) is 41.3 Å². The first-order valence-electron chi connectivity index (χ1n) is 5.83. The molecule has 1 aromatic carbocycles. The number of aliphatic carboxylic acids is 1. The van der Waals surface area contributed by atoms with Crippen LogP contribution in [0.2, 0.25) is 0 Å². The van der Waals surface area contributed by atoms with E-state index in [2.05, 4.69) is 0 Å². The molecule has 1 aliphatic heterocycles. The van der Waals surface area contributed by atoms with E-state index in [0.29, 0.717) is 6.42 Å². The van der Waals surface area contributed by atoms with Crippen molar-refractivity contribution in [2.24, 2.45) is 0 Å². The Hall–Kier alpha value is -2.00. The largest absolute Gasteiger partial charge is 0.480 e. The SMILES string of the molecule is O=C(O)[C@@H]1CCCN1S(=O)(=O)c1cccc([N+](=O)[O-])c1. The van der Waals surface area contributed by atoms with Crippen LogP contribution >= 0.6 is 0 Å². The number of carbonyl (C=O) groups is 1. The third kappa shape index (κ3) is 2.49. The van der Waals surface area contributed by atoms with Gasteiger partial charge in [0.25, 0.3) is 5.69 Å². The van der Waals surface area contributed by atoms with E-state index in [-0.39, 0.29) is 23.5 Å². The Morgan fingerprint density at radius 1 is 1.45 bits per heavy atom. The second-order valence-corrected chi connectivity index (χ2v) is 6.26. The maximum atomic E-state index is 12.4. The molecule has 1 atom stereocenters. The van der Waals surface area contributed by atoms with Gasteiger partial charge in [-0.1, -0.05) is 6.07 Å². The molecule has 0 radical (unpaired) electrons. The van der Waals surface area contributed by atoms with E-state index in [0.717, 1.165) is 10.4 Å². The molecule has 1 saturated heterocycles. The van der Waals surface area contributed by atoms with Crippen molar-refractivity contribution < 1.29 is 23.2 Å². The summed E-state index contributed by atoms with van der Waals surface area (Å²) in [5.41, 5.74) is -0.350. The zero-order valence-corrected chi connectivity index (χ0v) is 11.1. The Morgan fingerprint density at radius 2 is 2.15 bits per heavy atom. The van der Waals surface area contributed by atoms with Gasteiger partial charge in [0.1, 0.15) is 6.04 Å². The van der Waals surface area contributed by atoms with Gasteiger partial charge < -0.3 is 5.11 Å². The van der Waals surface area contributed by atoms with E-state index in [4.69, 9.17) is 5.11 Å². The quantitative estimate of drug-likeness (QED) is 0.650. The van der Waals surface area contributed by atoms with Gasteiger partial charge in [-0.3, -0.25) is 14.9 Å². The van der Waals surface area contributed by atoms with Gasteiger partial charge in [-0.2, -0.15) is 4.31 Å². The van der Waals surface area contributed by atoms with E-state index in [1.54, 1.807) is 0 Å². The van der Waals surface area contributed by atoms with Gasteiger partial charge in [0.2, 0.25) is 10.0 Å². The molecule has 0 saturated carbocycles. The molecule has 9 heteroatoms. The van der Waals surface area contributed by atoms with Gasteiger partial charge in [-0.15, -0.1) is 0 Å².